The summed E-state index contributed by atoms with van der Waals surface area (Å²) < 4.78 is 10.7. The number of amides is 1. The van der Waals surface area contributed by atoms with Crippen LogP contribution in [-0.4, -0.2) is 59.8 Å². The van der Waals surface area contributed by atoms with Crippen molar-refractivity contribution >= 4 is 23.7 Å². The molecule has 0 atom stereocenters. The summed E-state index contributed by atoms with van der Waals surface area (Å²) in [6, 6.07) is 8.18. The second kappa shape index (κ2) is 9.68. The summed E-state index contributed by atoms with van der Waals surface area (Å²) in [4.78, 5) is 26.2. The van der Waals surface area contributed by atoms with Crippen LogP contribution in [0.2, 0.25) is 0 Å². The van der Waals surface area contributed by atoms with Crippen LogP contribution in [0.15, 0.2) is 30.3 Å². The molecule has 1 aromatic heterocycles. The van der Waals surface area contributed by atoms with Crippen LogP contribution >= 0.6 is 0 Å². The van der Waals surface area contributed by atoms with Gasteiger partial charge in [0, 0.05) is 50.1 Å². The maximum absolute atomic E-state index is 12.7. The maximum Gasteiger partial charge on any atom is 0.246 e. The summed E-state index contributed by atoms with van der Waals surface area (Å²) in [5, 5.41) is 3.54. The number of piperazine rings is 1. The first kappa shape index (κ1) is 21.6. The van der Waals surface area contributed by atoms with E-state index in [1.165, 1.54) is 32.1 Å². The zero-order valence-corrected chi connectivity index (χ0v) is 19.1. The number of benzene rings is 1. The Bertz CT molecular complexity index is 1030. The van der Waals surface area contributed by atoms with Crippen LogP contribution in [-0.2, 0) is 4.79 Å². The summed E-state index contributed by atoms with van der Waals surface area (Å²) in [5.74, 6) is 3.14. The second-order valence-corrected chi connectivity index (χ2v) is 8.93. The zero-order valence-electron chi connectivity index (χ0n) is 19.1. The summed E-state index contributed by atoms with van der Waals surface area (Å²) in [5.41, 5.74) is 1.88. The largest absolute Gasteiger partial charge is 0.454 e. The zero-order chi connectivity index (χ0) is 22.6. The van der Waals surface area contributed by atoms with Gasteiger partial charge in [0.05, 0.1) is 0 Å². The molecule has 2 aliphatic heterocycles. The van der Waals surface area contributed by atoms with E-state index in [4.69, 9.17) is 14.5 Å². The van der Waals surface area contributed by atoms with Crippen molar-refractivity contribution < 1.29 is 14.3 Å². The minimum Gasteiger partial charge on any atom is -0.454 e. The summed E-state index contributed by atoms with van der Waals surface area (Å²) in [6.07, 6.45) is 9.71. The molecule has 8 heteroatoms. The van der Waals surface area contributed by atoms with Crippen LogP contribution in [0.4, 0.5) is 11.8 Å². The highest BCUT2D eigenvalue weighted by Crippen LogP contribution is 2.32. The molecule has 3 heterocycles. The Hall–Kier alpha value is -3.29. The molecule has 5 rings (SSSR count). The predicted molar refractivity (Wildman–Crippen MR) is 128 cm³/mol. The highest BCUT2D eigenvalue weighted by atomic mass is 16.7. The molecule has 33 heavy (non-hydrogen) atoms. The van der Waals surface area contributed by atoms with E-state index >= 15 is 0 Å². The van der Waals surface area contributed by atoms with Crippen LogP contribution < -0.4 is 19.7 Å². The molecule has 3 aliphatic rings. The molecular formula is C25H31N5O3. The number of aryl methyl sites for hydroxylation is 1. The molecule has 1 aliphatic carbocycles. The minimum absolute atomic E-state index is 0.0193. The SMILES string of the molecule is Cc1cc(N2CCN(C(=O)/C=C/c3ccc4c(c3)OCO4)CC2)nc(NC2CCCCC2)n1. The van der Waals surface area contributed by atoms with Gasteiger partial charge in [-0.05, 0) is 43.5 Å². The number of carbonyl (C=O) groups excluding carboxylic acids is 1. The van der Waals surface area contributed by atoms with Gasteiger partial charge in [0.2, 0.25) is 18.6 Å². The molecule has 0 unspecified atom stereocenters. The van der Waals surface area contributed by atoms with Crippen LogP contribution in [0.25, 0.3) is 6.08 Å². The highest BCUT2D eigenvalue weighted by Gasteiger charge is 2.22. The lowest BCUT2D eigenvalue weighted by Crippen LogP contribution is -2.48. The number of rotatable bonds is 5. The van der Waals surface area contributed by atoms with Crippen molar-refractivity contribution in [2.45, 2.75) is 45.1 Å². The third-order valence-corrected chi connectivity index (χ3v) is 6.51. The standard InChI is InChI=1S/C25H31N5O3/c1-18-15-23(28-25(26-18)27-20-5-3-2-4-6-20)29-11-13-30(14-12-29)24(31)10-8-19-7-9-21-22(16-19)33-17-32-21/h7-10,15-16,20H,2-6,11-14,17H2,1H3,(H,26,27,28)/b10-8+. The average Bonchev–Trinajstić information content (AvgIpc) is 3.31. The van der Waals surface area contributed by atoms with Gasteiger partial charge >= 0.3 is 0 Å². The van der Waals surface area contributed by atoms with Crippen LogP contribution in [0.1, 0.15) is 43.4 Å². The normalized spacial score (nSPS) is 18.7. The van der Waals surface area contributed by atoms with Gasteiger partial charge in [0.1, 0.15) is 5.82 Å². The molecule has 2 fully saturated rings. The molecular weight excluding hydrogens is 418 g/mol. The topological polar surface area (TPSA) is 79.8 Å². The lowest BCUT2D eigenvalue weighted by atomic mass is 9.96. The number of aromatic nitrogens is 2. The number of anilines is 2. The maximum atomic E-state index is 12.7. The lowest BCUT2D eigenvalue weighted by Gasteiger charge is -2.35. The van der Waals surface area contributed by atoms with Gasteiger partial charge in [-0.15, -0.1) is 0 Å². The number of ether oxygens (including phenoxy) is 2. The Morgan fingerprint density at radius 3 is 2.64 bits per heavy atom. The number of nitrogens with zero attached hydrogens (tertiary/aromatic N) is 4. The Labute approximate surface area is 194 Å². The summed E-state index contributed by atoms with van der Waals surface area (Å²) in [6.45, 7) is 5.09. The Kier molecular flexibility index (Phi) is 6.32. The van der Waals surface area contributed by atoms with E-state index in [-0.39, 0.29) is 12.7 Å². The van der Waals surface area contributed by atoms with Gasteiger partial charge in [0.25, 0.3) is 0 Å². The van der Waals surface area contributed by atoms with Gasteiger partial charge in [-0.25, -0.2) is 4.98 Å². The molecule has 1 aromatic carbocycles. The van der Waals surface area contributed by atoms with Gasteiger partial charge in [0.15, 0.2) is 11.5 Å². The van der Waals surface area contributed by atoms with E-state index in [9.17, 15) is 4.79 Å². The van der Waals surface area contributed by atoms with Crippen LogP contribution in [0.3, 0.4) is 0 Å². The van der Waals surface area contributed by atoms with E-state index in [1.54, 1.807) is 6.08 Å². The summed E-state index contributed by atoms with van der Waals surface area (Å²) >= 11 is 0. The van der Waals surface area contributed by atoms with Crippen molar-refractivity contribution in [2.24, 2.45) is 0 Å². The van der Waals surface area contributed by atoms with Crippen molar-refractivity contribution in [3.05, 3.63) is 41.6 Å². The fraction of sp³-hybridized carbons (Fsp3) is 0.480. The monoisotopic (exact) mass is 449 g/mol. The Morgan fingerprint density at radius 2 is 1.82 bits per heavy atom. The number of carbonyl (C=O) groups is 1. The first-order valence-electron chi connectivity index (χ1n) is 11.9. The van der Waals surface area contributed by atoms with Crippen LogP contribution in [0, 0.1) is 6.92 Å². The number of hydrogen-bond acceptors (Lipinski definition) is 7. The van der Waals surface area contributed by atoms with Gasteiger partial charge in [-0.2, -0.15) is 4.98 Å². The molecule has 0 radical (unpaired) electrons. The van der Waals surface area contributed by atoms with Crippen molar-refractivity contribution in [1.29, 1.82) is 0 Å². The van der Waals surface area contributed by atoms with Gasteiger partial charge in [-0.3, -0.25) is 4.79 Å². The Balaban J connectivity index is 1.17. The quantitative estimate of drug-likeness (QED) is 0.699. The van der Waals surface area contributed by atoms with E-state index in [0.717, 1.165) is 47.6 Å². The van der Waals surface area contributed by atoms with Crippen molar-refractivity contribution in [3.63, 3.8) is 0 Å². The minimum atomic E-state index is 0.0193. The Morgan fingerprint density at radius 1 is 1.03 bits per heavy atom. The molecule has 1 N–H and O–H groups in total. The van der Waals surface area contributed by atoms with E-state index in [2.05, 4.69) is 15.2 Å². The predicted octanol–water partition coefficient (Wildman–Crippen LogP) is 3.62. The number of fused-ring (bicyclic) bond motifs is 1. The fourth-order valence-corrected chi connectivity index (χ4v) is 4.65. The third-order valence-electron chi connectivity index (χ3n) is 6.51. The van der Waals surface area contributed by atoms with Crippen molar-refractivity contribution in [2.75, 3.05) is 43.2 Å². The van der Waals surface area contributed by atoms with Crippen LogP contribution in [0.5, 0.6) is 11.5 Å². The lowest BCUT2D eigenvalue weighted by molar-refractivity contribution is -0.126. The summed E-state index contributed by atoms with van der Waals surface area (Å²) in [7, 11) is 0. The van der Waals surface area contributed by atoms with E-state index in [0.29, 0.717) is 19.1 Å². The molecule has 0 spiro atoms. The highest BCUT2D eigenvalue weighted by molar-refractivity contribution is 5.92. The fourth-order valence-electron chi connectivity index (χ4n) is 4.65. The smallest absolute Gasteiger partial charge is 0.246 e. The van der Waals surface area contributed by atoms with Crippen molar-refractivity contribution in [1.82, 2.24) is 14.9 Å². The third kappa shape index (κ3) is 5.21. The molecule has 8 nitrogen and oxygen atoms in total. The van der Waals surface area contributed by atoms with Gasteiger partial charge in [-0.1, -0.05) is 25.3 Å². The van der Waals surface area contributed by atoms with E-state index < -0.39 is 0 Å². The molecule has 2 aromatic rings. The molecule has 0 bridgehead atoms. The van der Waals surface area contributed by atoms with E-state index in [1.807, 2.05) is 42.2 Å². The molecule has 174 valence electrons. The van der Waals surface area contributed by atoms with Gasteiger partial charge < -0.3 is 24.6 Å². The second-order valence-electron chi connectivity index (χ2n) is 8.93. The first-order valence-corrected chi connectivity index (χ1v) is 11.9. The first-order chi connectivity index (χ1) is 16.1. The number of nitrogens with one attached hydrogen (secondary N) is 1. The number of hydrogen-bond donors (Lipinski definition) is 1. The average molecular weight is 450 g/mol. The molecule has 1 saturated heterocycles. The molecule has 1 amide bonds. The van der Waals surface area contributed by atoms with Crippen molar-refractivity contribution in [3.8, 4) is 11.5 Å². The molecule has 1 saturated carbocycles.